The van der Waals surface area contributed by atoms with E-state index in [0.717, 1.165) is 10.4 Å². The summed E-state index contributed by atoms with van der Waals surface area (Å²) in [5.41, 5.74) is 6.01. The van der Waals surface area contributed by atoms with E-state index in [0.29, 0.717) is 11.6 Å². The molecule has 0 saturated heterocycles. The molecule has 1 atom stereocenters. The lowest BCUT2D eigenvalue weighted by Crippen LogP contribution is -2.36. The average Bonchev–Trinajstić information content (AvgIpc) is 2.99. The number of carbonyl (C=O) groups is 2. The topological polar surface area (TPSA) is 84.2 Å². The van der Waals surface area contributed by atoms with E-state index >= 15 is 0 Å². The van der Waals surface area contributed by atoms with Gasteiger partial charge in [-0.2, -0.15) is 0 Å². The van der Waals surface area contributed by atoms with E-state index in [1.165, 1.54) is 11.3 Å². The van der Waals surface area contributed by atoms with Crippen LogP contribution in [0.25, 0.3) is 0 Å². The summed E-state index contributed by atoms with van der Waals surface area (Å²) in [5, 5.41) is 7.87. The average molecular weight is 338 g/mol. The van der Waals surface area contributed by atoms with Crippen LogP contribution in [-0.4, -0.2) is 11.9 Å². The van der Waals surface area contributed by atoms with Gasteiger partial charge >= 0.3 is 6.03 Å². The Hall–Kier alpha value is -2.05. The van der Waals surface area contributed by atoms with Crippen molar-refractivity contribution in [2.75, 3.05) is 0 Å². The highest BCUT2D eigenvalue weighted by molar-refractivity contribution is 7.10. The molecule has 0 aliphatic carbocycles. The predicted molar refractivity (Wildman–Crippen MR) is 87.7 cm³/mol. The van der Waals surface area contributed by atoms with E-state index in [2.05, 4.69) is 10.6 Å². The molecule has 1 unspecified atom stereocenters. The van der Waals surface area contributed by atoms with Crippen LogP contribution in [0.2, 0.25) is 5.02 Å². The summed E-state index contributed by atoms with van der Waals surface area (Å²) in [6.45, 7) is 0.340. The lowest BCUT2D eigenvalue weighted by Gasteiger charge is -2.16. The second-order valence-corrected chi connectivity index (χ2v) is 6.04. The molecule has 7 heteroatoms. The minimum Gasteiger partial charge on any atom is -0.352 e. The number of urea groups is 1. The van der Waals surface area contributed by atoms with Crippen molar-refractivity contribution >= 4 is 34.9 Å². The van der Waals surface area contributed by atoms with Crippen LogP contribution in [0.3, 0.4) is 0 Å². The van der Waals surface area contributed by atoms with Crippen LogP contribution in [0.5, 0.6) is 0 Å². The Bertz CT molecular complexity index is 646. The molecule has 0 aliphatic heterocycles. The fourth-order valence-electron chi connectivity index (χ4n) is 1.98. The van der Waals surface area contributed by atoms with Crippen molar-refractivity contribution < 1.29 is 9.59 Å². The molecule has 4 N–H and O–H groups in total. The zero-order valence-electron chi connectivity index (χ0n) is 11.7. The number of rotatable bonds is 6. The number of carbonyl (C=O) groups excluding carboxylic acids is 2. The number of hydrogen-bond donors (Lipinski definition) is 3. The summed E-state index contributed by atoms with van der Waals surface area (Å²) in [4.78, 5) is 24.0. The van der Waals surface area contributed by atoms with Crippen LogP contribution in [0, 0.1) is 0 Å². The maximum absolute atomic E-state index is 12.1. The second kappa shape index (κ2) is 7.82. The number of thiophene rings is 1. The molecule has 1 aromatic heterocycles. The van der Waals surface area contributed by atoms with Gasteiger partial charge in [0.2, 0.25) is 5.91 Å². The summed E-state index contributed by atoms with van der Waals surface area (Å²) < 4.78 is 0. The second-order valence-electron chi connectivity index (χ2n) is 4.65. The van der Waals surface area contributed by atoms with Crippen molar-refractivity contribution in [3.63, 3.8) is 0 Å². The molecule has 0 radical (unpaired) electrons. The Morgan fingerprint density at radius 2 is 2.00 bits per heavy atom. The van der Waals surface area contributed by atoms with Crippen LogP contribution in [-0.2, 0) is 11.3 Å². The SMILES string of the molecule is NC(=O)NC(CC(=O)NCc1ccccc1Cl)c1cccs1. The van der Waals surface area contributed by atoms with Gasteiger partial charge in [-0.25, -0.2) is 4.79 Å². The molecular weight excluding hydrogens is 322 g/mol. The molecule has 0 bridgehead atoms. The molecular formula is C15H16ClN3O2S. The van der Waals surface area contributed by atoms with Gasteiger partial charge in [0.05, 0.1) is 12.5 Å². The molecule has 1 aromatic carbocycles. The lowest BCUT2D eigenvalue weighted by atomic mass is 10.1. The number of benzene rings is 1. The van der Waals surface area contributed by atoms with Crippen LogP contribution in [0.1, 0.15) is 22.9 Å². The van der Waals surface area contributed by atoms with Gasteiger partial charge in [-0.1, -0.05) is 35.9 Å². The summed E-state index contributed by atoms with van der Waals surface area (Å²) in [7, 11) is 0. The van der Waals surface area contributed by atoms with Crippen molar-refractivity contribution in [2.45, 2.75) is 19.0 Å². The molecule has 5 nitrogen and oxygen atoms in total. The Balaban J connectivity index is 1.94. The zero-order chi connectivity index (χ0) is 15.9. The fraction of sp³-hybridized carbons (Fsp3) is 0.200. The molecule has 0 fully saturated rings. The lowest BCUT2D eigenvalue weighted by molar-refractivity contribution is -0.121. The van der Waals surface area contributed by atoms with Gasteiger partial charge in [0.25, 0.3) is 0 Å². The van der Waals surface area contributed by atoms with Crippen molar-refractivity contribution in [1.82, 2.24) is 10.6 Å². The molecule has 0 spiro atoms. The minimum absolute atomic E-state index is 0.119. The summed E-state index contributed by atoms with van der Waals surface area (Å²) >= 11 is 7.50. The molecule has 0 aliphatic rings. The normalized spacial score (nSPS) is 11.7. The summed E-state index contributed by atoms with van der Waals surface area (Å²) in [5.74, 6) is -0.188. The van der Waals surface area contributed by atoms with Crippen LogP contribution in [0.15, 0.2) is 41.8 Å². The third kappa shape index (κ3) is 4.75. The number of nitrogens with one attached hydrogen (secondary N) is 2. The Labute approximate surface area is 137 Å². The third-order valence-corrected chi connectivity index (χ3v) is 4.38. The zero-order valence-corrected chi connectivity index (χ0v) is 13.3. The quantitative estimate of drug-likeness (QED) is 0.757. The Kier molecular flexibility index (Phi) is 5.80. The molecule has 2 aromatic rings. The third-order valence-electron chi connectivity index (χ3n) is 3.03. The van der Waals surface area contributed by atoms with Gasteiger partial charge in [0.1, 0.15) is 0 Å². The standard InChI is InChI=1S/C15H16ClN3O2S/c16-11-5-2-1-4-10(11)9-18-14(20)8-12(19-15(17)21)13-6-3-7-22-13/h1-7,12H,8-9H2,(H,18,20)(H3,17,19,21). The van der Waals surface area contributed by atoms with Gasteiger partial charge in [0, 0.05) is 16.4 Å². The molecule has 1 heterocycles. The van der Waals surface area contributed by atoms with E-state index in [-0.39, 0.29) is 12.3 Å². The smallest absolute Gasteiger partial charge is 0.312 e. The number of amides is 3. The van der Waals surface area contributed by atoms with E-state index in [1.807, 2.05) is 35.7 Å². The Morgan fingerprint density at radius 3 is 2.64 bits per heavy atom. The monoisotopic (exact) mass is 337 g/mol. The van der Waals surface area contributed by atoms with E-state index in [4.69, 9.17) is 17.3 Å². The largest absolute Gasteiger partial charge is 0.352 e. The first-order chi connectivity index (χ1) is 10.6. The first kappa shape index (κ1) is 16.3. The minimum atomic E-state index is -0.655. The summed E-state index contributed by atoms with van der Waals surface area (Å²) in [6, 6.07) is 9.94. The van der Waals surface area contributed by atoms with Crippen molar-refractivity contribution in [2.24, 2.45) is 5.73 Å². The number of nitrogens with two attached hydrogens (primary N) is 1. The fourth-order valence-corrected chi connectivity index (χ4v) is 2.96. The number of halogens is 1. The highest BCUT2D eigenvalue weighted by Crippen LogP contribution is 2.22. The van der Waals surface area contributed by atoms with Gasteiger partial charge in [0.15, 0.2) is 0 Å². The van der Waals surface area contributed by atoms with Gasteiger partial charge < -0.3 is 16.4 Å². The molecule has 3 amide bonds. The molecule has 22 heavy (non-hydrogen) atoms. The van der Waals surface area contributed by atoms with Crippen molar-refractivity contribution in [1.29, 1.82) is 0 Å². The number of hydrogen-bond acceptors (Lipinski definition) is 3. The first-order valence-electron chi connectivity index (χ1n) is 6.65. The highest BCUT2D eigenvalue weighted by atomic mass is 35.5. The maximum atomic E-state index is 12.1. The van der Waals surface area contributed by atoms with Crippen LogP contribution in [0.4, 0.5) is 4.79 Å². The maximum Gasteiger partial charge on any atom is 0.312 e. The van der Waals surface area contributed by atoms with Gasteiger partial charge in [-0.05, 0) is 23.1 Å². The molecule has 2 rings (SSSR count). The van der Waals surface area contributed by atoms with Crippen LogP contribution < -0.4 is 16.4 Å². The first-order valence-corrected chi connectivity index (χ1v) is 7.91. The predicted octanol–water partition coefficient (Wildman–Crippen LogP) is 2.82. The van der Waals surface area contributed by atoms with Crippen LogP contribution >= 0.6 is 22.9 Å². The Morgan fingerprint density at radius 1 is 1.23 bits per heavy atom. The van der Waals surface area contributed by atoms with Gasteiger partial charge in [-0.3, -0.25) is 4.79 Å². The summed E-state index contributed by atoms with van der Waals surface area (Å²) in [6.07, 6.45) is 0.119. The van der Waals surface area contributed by atoms with Crippen molar-refractivity contribution in [3.05, 3.63) is 57.2 Å². The van der Waals surface area contributed by atoms with E-state index < -0.39 is 12.1 Å². The van der Waals surface area contributed by atoms with E-state index in [1.54, 1.807) is 6.07 Å². The van der Waals surface area contributed by atoms with Gasteiger partial charge in [-0.15, -0.1) is 11.3 Å². The van der Waals surface area contributed by atoms with Crippen molar-refractivity contribution in [3.8, 4) is 0 Å². The molecule has 116 valence electrons. The van der Waals surface area contributed by atoms with E-state index in [9.17, 15) is 9.59 Å². The number of primary amides is 1. The highest BCUT2D eigenvalue weighted by Gasteiger charge is 2.18. The molecule has 0 saturated carbocycles.